The smallest absolute Gasteiger partial charge is 0.0931 e. The molecule has 0 fully saturated rings. The lowest BCUT2D eigenvalue weighted by Crippen LogP contribution is -2.21. The summed E-state index contributed by atoms with van der Waals surface area (Å²) < 4.78 is 0. The van der Waals surface area contributed by atoms with Crippen LogP contribution in [0, 0.1) is 0 Å². The van der Waals surface area contributed by atoms with Crippen molar-refractivity contribution in [3.05, 3.63) is 0 Å². The third-order valence-electron chi connectivity index (χ3n) is 2.77. The van der Waals surface area contributed by atoms with E-state index in [4.69, 9.17) is 0 Å². The standard InChI is InChI=1S/C14H30N2/c1-4-6-8-10-12-15-14(3)16-13-11-9-7-5-2/h4-13H2,1-3H3,(H,15,16). The first-order chi connectivity index (χ1) is 7.81. The van der Waals surface area contributed by atoms with E-state index >= 15 is 0 Å². The van der Waals surface area contributed by atoms with Gasteiger partial charge in [-0.3, -0.25) is 4.99 Å². The molecule has 0 rings (SSSR count). The van der Waals surface area contributed by atoms with Crippen LogP contribution in [0.1, 0.15) is 72.1 Å². The van der Waals surface area contributed by atoms with E-state index in [2.05, 4.69) is 31.1 Å². The minimum atomic E-state index is 0.994. The second kappa shape index (κ2) is 12.5. The summed E-state index contributed by atoms with van der Waals surface area (Å²) >= 11 is 0. The lowest BCUT2D eigenvalue weighted by atomic mass is 10.2. The van der Waals surface area contributed by atoms with Gasteiger partial charge in [0.1, 0.15) is 0 Å². The van der Waals surface area contributed by atoms with Gasteiger partial charge in [0.15, 0.2) is 0 Å². The molecule has 0 saturated heterocycles. The molecular formula is C14H30N2. The summed E-state index contributed by atoms with van der Waals surface area (Å²) in [5, 5.41) is 3.38. The van der Waals surface area contributed by atoms with Gasteiger partial charge in [0.25, 0.3) is 0 Å². The Morgan fingerprint density at radius 3 is 2.12 bits per heavy atom. The highest BCUT2D eigenvalue weighted by molar-refractivity contribution is 5.79. The van der Waals surface area contributed by atoms with Crippen LogP contribution in [0.25, 0.3) is 0 Å². The Balaban J connectivity index is 3.27. The number of hydrogen-bond donors (Lipinski definition) is 1. The summed E-state index contributed by atoms with van der Waals surface area (Å²) in [5.74, 6) is 1.12. The minimum absolute atomic E-state index is 0.994. The molecule has 0 unspecified atom stereocenters. The first-order valence-electron chi connectivity index (χ1n) is 7.06. The largest absolute Gasteiger partial charge is 0.374 e. The normalized spacial score (nSPS) is 11.8. The zero-order valence-corrected chi connectivity index (χ0v) is 11.5. The molecule has 1 N–H and O–H groups in total. The molecule has 0 aliphatic heterocycles. The van der Waals surface area contributed by atoms with Crippen LogP contribution in [-0.4, -0.2) is 18.9 Å². The van der Waals surface area contributed by atoms with Crippen molar-refractivity contribution in [3.8, 4) is 0 Å². The lowest BCUT2D eigenvalue weighted by Gasteiger charge is -2.05. The Hall–Kier alpha value is -0.530. The molecule has 96 valence electrons. The van der Waals surface area contributed by atoms with E-state index in [1.165, 1.54) is 51.4 Å². The summed E-state index contributed by atoms with van der Waals surface area (Å²) in [4.78, 5) is 4.52. The summed E-state index contributed by atoms with van der Waals surface area (Å²) in [6.07, 6.45) is 10.5. The highest BCUT2D eigenvalue weighted by atomic mass is 15.0. The maximum atomic E-state index is 4.52. The predicted octanol–water partition coefficient (Wildman–Crippen LogP) is 4.16. The average molecular weight is 226 g/mol. The van der Waals surface area contributed by atoms with E-state index in [0.717, 1.165) is 18.9 Å². The molecule has 0 atom stereocenters. The maximum absolute atomic E-state index is 4.52. The zero-order valence-electron chi connectivity index (χ0n) is 11.5. The van der Waals surface area contributed by atoms with Crippen LogP contribution in [0.5, 0.6) is 0 Å². The molecule has 0 spiro atoms. The van der Waals surface area contributed by atoms with Crippen LogP contribution in [0.3, 0.4) is 0 Å². The Morgan fingerprint density at radius 1 is 0.875 bits per heavy atom. The van der Waals surface area contributed by atoms with Gasteiger partial charge in [0.2, 0.25) is 0 Å². The van der Waals surface area contributed by atoms with Crippen LogP contribution in [0.2, 0.25) is 0 Å². The fraction of sp³-hybridized carbons (Fsp3) is 0.929. The molecule has 2 heteroatoms. The third kappa shape index (κ3) is 11.5. The molecule has 0 aromatic carbocycles. The SMILES string of the molecule is CCCCCC/N=C(\C)NCCCCCC. The monoisotopic (exact) mass is 226 g/mol. The van der Waals surface area contributed by atoms with Gasteiger partial charge in [-0.15, -0.1) is 0 Å². The van der Waals surface area contributed by atoms with E-state index in [-0.39, 0.29) is 0 Å². The van der Waals surface area contributed by atoms with Crippen molar-refractivity contribution in [1.82, 2.24) is 5.32 Å². The first-order valence-corrected chi connectivity index (χ1v) is 7.06. The molecular weight excluding hydrogens is 196 g/mol. The Kier molecular flexibility index (Phi) is 12.1. The number of unbranched alkanes of at least 4 members (excludes halogenated alkanes) is 6. The van der Waals surface area contributed by atoms with E-state index in [9.17, 15) is 0 Å². The van der Waals surface area contributed by atoms with E-state index in [1.807, 2.05) is 0 Å². The molecule has 0 bridgehead atoms. The molecule has 0 aromatic rings. The second-order valence-corrected chi connectivity index (χ2v) is 4.52. The van der Waals surface area contributed by atoms with Crippen molar-refractivity contribution in [3.63, 3.8) is 0 Å². The molecule has 0 amide bonds. The van der Waals surface area contributed by atoms with E-state index < -0.39 is 0 Å². The fourth-order valence-electron chi connectivity index (χ4n) is 1.66. The van der Waals surface area contributed by atoms with Gasteiger partial charge in [-0.2, -0.15) is 0 Å². The number of nitrogens with zero attached hydrogens (tertiary/aromatic N) is 1. The van der Waals surface area contributed by atoms with Crippen molar-refractivity contribution in [2.45, 2.75) is 72.1 Å². The molecule has 2 nitrogen and oxygen atoms in total. The van der Waals surface area contributed by atoms with Crippen LogP contribution >= 0.6 is 0 Å². The van der Waals surface area contributed by atoms with Crippen molar-refractivity contribution in [2.75, 3.05) is 13.1 Å². The summed E-state index contributed by atoms with van der Waals surface area (Å²) in [7, 11) is 0. The van der Waals surface area contributed by atoms with E-state index in [0.29, 0.717) is 0 Å². The number of aliphatic imine (C=N–C) groups is 1. The average Bonchev–Trinajstić information content (AvgIpc) is 2.28. The molecule has 0 saturated carbocycles. The zero-order chi connectivity index (χ0) is 12.1. The molecule has 0 aromatic heterocycles. The summed E-state index contributed by atoms with van der Waals surface area (Å²) in [5.41, 5.74) is 0. The highest BCUT2D eigenvalue weighted by Crippen LogP contribution is 1.99. The number of amidine groups is 1. The van der Waals surface area contributed by atoms with Gasteiger partial charge in [-0.1, -0.05) is 52.4 Å². The molecule has 0 aliphatic rings. The Bertz CT molecular complexity index is 164. The fourth-order valence-corrected chi connectivity index (χ4v) is 1.66. The predicted molar refractivity (Wildman–Crippen MR) is 74.3 cm³/mol. The first kappa shape index (κ1) is 15.5. The molecule has 16 heavy (non-hydrogen) atoms. The highest BCUT2D eigenvalue weighted by Gasteiger charge is 1.91. The Morgan fingerprint density at radius 2 is 1.50 bits per heavy atom. The summed E-state index contributed by atoms with van der Waals surface area (Å²) in [6, 6.07) is 0. The topological polar surface area (TPSA) is 24.4 Å². The molecule has 0 heterocycles. The van der Waals surface area contributed by atoms with Gasteiger partial charge in [-0.05, 0) is 19.8 Å². The van der Waals surface area contributed by atoms with Gasteiger partial charge in [0, 0.05) is 13.1 Å². The van der Waals surface area contributed by atoms with Crippen molar-refractivity contribution in [1.29, 1.82) is 0 Å². The molecule has 0 aliphatic carbocycles. The number of nitrogens with one attached hydrogen (secondary N) is 1. The third-order valence-corrected chi connectivity index (χ3v) is 2.77. The van der Waals surface area contributed by atoms with Crippen LogP contribution in [-0.2, 0) is 0 Å². The van der Waals surface area contributed by atoms with Crippen molar-refractivity contribution in [2.24, 2.45) is 4.99 Å². The second-order valence-electron chi connectivity index (χ2n) is 4.52. The number of rotatable bonds is 10. The minimum Gasteiger partial charge on any atom is -0.374 e. The lowest BCUT2D eigenvalue weighted by molar-refractivity contribution is 0.649. The van der Waals surface area contributed by atoms with Gasteiger partial charge in [0.05, 0.1) is 5.84 Å². The van der Waals surface area contributed by atoms with Gasteiger partial charge in [-0.25, -0.2) is 0 Å². The van der Waals surface area contributed by atoms with Gasteiger partial charge >= 0.3 is 0 Å². The Labute approximate surface area is 102 Å². The molecule has 0 radical (unpaired) electrons. The quantitative estimate of drug-likeness (QED) is 0.338. The van der Waals surface area contributed by atoms with Gasteiger partial charge < -0.3 is 5.32 Å². The van der Waals surface area contributed by atoms with E-state index in [1.54, 1.807) is 0 Å². The maximum Gasteiger partial charge on any atom is 0.0931 e. The van der Waals surface area contributed by atoms with Crippen LogP contribution in [0.4, 0.5) is 0 Å². The number of hydrogen-bond acceptors (Lipinski definition) is 1. The van der Waals surface area contributed by atoms with Crippen LogP contribution in [0.15, 0.2) is 4.99 Å². The van der Waals surface area contributed by atoms with Crippen molar-refractivity contribution >= 4 is 5.84 Å². The van der Waals surface area contributed by atoms with Crippen LogP contribution < -0.4 is 5.32 Å². The van der Waals surface area contributed by atoms with Crippen molar-refractivity contribution < 1.29 is 0 Å². The summed E-state index contributed by atoms with van der Waals surface area (Å²) in [6.45, 7) is 8.65.